The van der Waals surface area contributed by atoms with E-state index in [9.17, 15) is 4.79 Å². The van der Waals surface area contributed by atoms with Gasteiger partial charge in [-0.25, -0.2) is 0 Å². The molecule has 7 aromatic carbocycles. The molecule has 3 heteroatoms. The molecule has 0 N–H and O–H groups in total. The van der Waals surface area contributed by atoms with E-state index in [1.807, 2.05) is 0 Å². The molecule has 0 unspecified atom stereocenters. The lowest BCUT2D eigenvalue weighted by Gasteiger charge is -2.31. The normalized spacial score (nSPS) is 12.9. The van der Waals surface area contributed by atoms with Crippen molar-refractivity contribution in [1.82, 2.24) is 0 Å². The lowest BCUT2D eigenvalue weighted by Crippen LogP contribution is -2.26. The Balaban J connectivity index is 1.11. The Bertz CT molecular complexity index is 2660. The molecule has 0 atom stereocenters. The fourth-order valence-corrected chi connectivity index (χ4v) is 10.5. The molecule has 0 amide bonds. The lowest BCUT2D eigenvalue weighted by atomic mass is 9.70. The number of thiophene rings is 1. The zero-order valence-electron chi connectivity index (χ0n) is 32.1. The monoisotopic (exact) mass is 753 g/mol. The summed E-state index contributed by atoms with van der Waals surface area (Å²) < 4.78 is 0. The van der Waals surface area contributed by atoms with Crippen molar-refractivity contribution in [3.8, 4) is 43.8 Å². The Kier molecular flexibility index (Phi) is 9.04. The van der Waals surface area contributed by atoms with E-state index >= 15 is 0 Å². The molecule has 2 nitrogen and oxygen atoms in total. The maximum Gasteiger partial charge on any atom is 0.160 e. The maximum absolute atomic E-state index is 12.3. The molecule has 10 rings (SSSR count). The Hall–Kier alpha value is -6.29. The zero-order chi connectivity index (χ0) is 38.3. The van der Waals surface area contributed by atoms with Crippen LogP contribution in [0.5, 0.6) is 0 Å². The molecule has 0 saturated carbocycles. The molecule has 0 bridgehead atoms. The molecule has 8 aromatic rings. The van der Waals surface area contributed by atoms with Gasteiger partial charge in [0.05, 0.1) is 10.3 Å². The number of unbranched alkanes of at least 4 members (excludes halogenated alkanes) is 3. The van der Waals surface area contributed by atoms with Crippen molar-refractivity contribution in [2.24, 2.45) is 0 Å². The fourth-order valence-electron chi connectivity index (χ4n) is 9.50. The molecule has 276 valence electrons. The minimum Gasteiger partial charge on any atom is -0.311 e. The number of aryl methyl sites for hydroxylation is 1. The highest BCUT2D eigenvalue weighted by molar-refractivity contribution is 7.17. The number of fused-ring (bicyclic) bond motifs is 10. The van der Waals surface area contributed by atoms with E-state index in [1.54, 1.807) is 11.3 Å². The van der Waals surface area contributed by atoms with E-state index in [0.717, 1.165) is 45.9 Å². The van der Waals surface area contributed by atoms with Crippen LogP contribution >= 0.6 is 11.3 Å². The van der Waals surface area contributed by atoms with Crippen LogP contribution in [0.15, 0.2) is 176 Å². The molecule has 0 aliphatic heterocycles. The van der Waals surface area contributed by atoms with Gasteiger partial charge < -0.3 is 4.90 Å². The molecule has 1 aromatic heterocycles. The Morgan fingerprint density at radius 3 is 1.60 bits per heavy atom. The van der Waals surface area contributed by atoms with Crippen molar-refractivity contribution in [3.05, 3.63) is 209 Å². The zero-order valence-corrected chi connectivity index (χ0v) is 32.9. The fraction of sp³-hybridized carbons (Fsp3) is 0.130. The van der Waals surface area contributed by atoms with Gasteiger partial charge in [-0.2, -0.15) is 0 Å². The van der Waals surface area contributed by atoms with E-state index < -0.39 is 5.41 Å². The van der Waals surface area contributed by atoms with E-state index in [4.69, 9.17) is 0 Å². The third kappa shape index (κ3) is 5.80. The number of hydrogen-bond acceptors (Lipinski definition) is 3. The maximum atomic E-state index is 12.3. The Morgan fingerprint density at radius 2 is 1.00 bits per heavy atom. The smallest absolute Gasteiger partial charge is 0.160 e. The Labute approximate surface area is 339 Å². The van der Waals surface area contributed by atoms with Crippen LogP contribution < -0.4 is 4.90 Å². The molecule has 1 heterocycles. The first-order valence-corrected chi connectivity index (χ1v) is 21.1. The van der Waals surface area contributed by atoms with Gasteiger partial charge in [0, 0.05) is 21.9 Å². The molecule has 0 saturated heterocycles. The summed E-state index contributed by atoms with van der Waals surface area (Å²) in [6, 6.07) is 64.6. The Morgan fingerprint density at radius 1 is 0.491 bits per heavy atom. The summed E-state index contributed by atoms with van der Waals surface area (Å²) >= 11 is 1.64. The van der Waals surface area contributed by atoms with Crippen molar-refractivity contribution in [2.45, 2.75) is 44.4 Å². The molecule has 0 radical (unpaired) electrons. The molecular formula is C54H43NOS. The predicted molar refractivity (Wildman–Crippen MR) is 239 cm³/mol. The van der Waals surface area contributed by atoms with Gasteiger partial charge in [-0.05, 0) is 134 Å². The highest BCUT2D eigenvalue weighted by atomic mass is 32.1. The predicted octanol–water partition coefficient (Wildman–Crippen LogP) is 14.8. The second-order valence-electron chi connectivity index (χ2n) is 15.3. The summed E-state index contributed by atoms with van der Waals surface area (Å²) in [5.74, 6) is 0. The number of para-hydroxylation sites is 2. The second kappa shape index (κ2) is 14.7. The third-order valence-electron chi connectivity index (χ3n) is 12.1. The van der Waals surface area contributed by atoms with Crippen molar-refractivity contribution < 1.29 is 4.79 Å². The molecule has 2 aliphatic carbocycles. The van der Waals surface area contributed by atoms with Crippen LogP contribution in [0.25, 0.3) is 43.8 Å². The largest absolute Gasteiger partial charge is 0.311 e. The van der Waals surface area contributed by atoms with Gasteiger partial charge in [-0.1, -0.05) is 148 Å². The highest BCUT2D eigenvalue weighted by Gasteiger charge is 2.51. The van der Waals surface area contributed by atoms with Crippen LogP contribution in [-0.4, -0.2) is 6.29 Å². The van der Waals surface area contributed by atoms with Crippen LogP contribution in [0.3, 0.4) is 0 Å². The minimum atomic E-state index is -0.477. The molecule has 57 heavy (non-hydrogen) atoms. The summed E-state index contributed by atoms with van der Waals surface area (Å²) in [6.45, 7) is 2.24. The van der Waals surface area contributed by atoms with Gasteiger partial charge in [-0.15, -0.1) is 11.3 Å². The summed E-state index contributed by atoms with van der Waals surface area (Å²) in [4.78, 5) is 16.7. The number of aldehydes is 1. The first-order valence-electron chi connectivity index (χ1n) is 20.3. The number of carbonyl (C=O) groups excluding carboxylic acids is 1. The van der Waals surface area contributed by atoms with Crippen LogP contribution in [-0.2, 0) is 11.8 Å². The van der Waals surface area contributed by atoms with Crippen LogP contribution in [0.1, 0.15) is 70.1 Å². The number of hydrogen-bond donors (Lipinski definition) is 0. The number of anilines is 3. The van der Waals surface area contributed by atoms with Gasteiger partial charge in [0.15, 0.2) is 6.29 Å². The molecular weight excluding hydrogens is 711 g/mol. The first-order chi connectivity index (χ1) is 28.2. The average Bonchev–Trinajstić information content (AvgIpc) is 3.92. The summed E-state index contributed by atoms with van der Waals surface area (Å²) in [7, 11) is 0. The summed E-state index contributed by atoms with van der Waals surface area (Å²) in [5, 5.41) is 0. The molecule has 1 spiro atoms. The summed E-state index contributed by atoms with van der Waals surface area (Å²) in [5.41, 5.74) is 18.0. The van der Waals surface area contributed by atoms with Crippen LogP contribution in [0.2, 0.25) is 0 Å². The van der Waals surface area contributed by atoms with Gasteiger partial charge in [0.1, 0.15) is 0 Å². The molecule has 0 fully saturated rings. The van der Waals surface area contributed by atoms with Crippen molar-refractivity contribution in [3.63, 3.8) is 0 Å². The van der Waals surface area contributed by atoms with Gasteiger partial charge in [-0.3, -0.25) is 4.79 Å². The van der Waals surface area contributed by atoms with E-state index in [1.165, 1.54) is 86.0 Å². The van der Waals surface area contributed by atoms with Gasteiger partial charge in [0.25, 0.3) is 0 Å². The van der Waals surface area contributed by atoms with E-state index in [0.29, 0.717) is 0 Å². The standard InChI is InChI=1S/C54H43NOS/c1-2-3-4-7-16-39-35-52(57-53(39)36-56)40-28-32-47-46-31-27-38(37-25-29-43(30-26-37)55(41-17-8-5-9-18-41)42-19-10-6-11-20-42)33-50(46)54(51(47)34-40)48-23-14-12-21-44(48)45-22-13-15-24-49(45)54/h5-6,8-15,17-36H,2-4,7,16H2,1H3. The molecule has 2 aliphatic rings. The average molecular weight is 754 g/mol. The van der Waals surface area contributed by atoms with Crippen molar-refractivity contribution >= 4 is 34.7 Å². The van der Waals surface area contributed by atoms with E-state index in [-0.39, 0.29) is 0 Å². The number of carbonyl (C=O) groups is 1. The number of rotatable bonds is 11. The quantitative estimate of drug-likeness (QED) is 0.0968. The van der Waals surface area contributed by atoms with Crippen LogP contribution in [0.4, 0.5) is 17.1 Å². The SMILES string of the molecule is CCCCCCc1cc(-c2ccc3c(c2)C2(c4ccccc4-c4ccccc42)c2cc(-c4ccc(N(c5ccccc5)c5ccccc5)cc4)ccc2-3)sc1C=O. The van der Waals surface area contributed by atoms with Crippen molar-refractivity contribution in [2.75, 3.05) is 4.90 Å². The number of nitrogens with zero attached hydrogens (tertiary/aromatic N) is 1. The number of benzene rings is 7. The summed E-state index contributed by atoms with van der Waals surface area (Å²) in [6.07, 6.45) is 6.77. The highest BCUT2D eigenvalue weighted by Crippen LogP contribution is 2.63. The minimum absolute atomic E-state index is 0.477. The van der Waals surface area contributed by atoms with E-state index in [2.05, 4.69) is 188 Å². The lowest BCUT2D eigenvalue weighted by molar-refractivity contribution is 0.112. The first kappa shape index (κ1) is 35.1. The third-order valence-corrected chi connectivity index (χ3v) is 13.3. The second-order valence-corrected chi connectivity index (χ2v) is 16.4. The van der Waals surface area contributed by atoms with Crippen molar-refractivity contribution in [1.29, 1.82) is 0 Å². The van der Waals surface area contributed by atoms with Gasteiger partial charge >= 0.3 is 0 Å². The van der Waals surface area contributed by atoms with Gasteiger partial charge in [0.2, 0.25) is 0 Å². The van der Waals surface area contributed by atoms with Crippen LogP contribution in [0, 0.1) is 0 Å². The topological polar surface area (TPSA) is 20.3 Å².